The molecule has 0 spiro atoms. The predicted molar refractivity (Wildman–Crippen MR) is 45.3 cm³/mol. The highest BCUT2D eigenvalue weighted by atomic mass is 16.3. The van der Waals surface area contributed by atoms with Crippen molar-refractivity contribution in [2.45, 2.75) is 38.5 Å². The minimum atomic E-state index is -0.287. The van der Waals surface area contributed by atoms with E-state index in [0.29, 0.717) is 6.04 Å². The van der Waals surface area contributed by atoms with Crippen molar-refractivity contribution in [1.29, 1.82) is 0 Å². The van der Waals surface area contributed by atoms with E-state index in [1.165, 1.54) is 0 Å². The summed E-state index contributed by atoms with van der Waals surface area (Å²) < 4.78 is 0. The highest BCUT2D eigenvalue weighted by Gasteiger charge is 2.25. The standard InChI is InChI=1S/C8H18N2O/c1-6(2)10-4-3-8(11)7(9)5-10/h6-8,11H,3-5,9H2,1-2H3/t7-,8+/m0/s1. The molecule has 0 saturated carbocycles. The fourth-order valence-electron chi connectivity index (χ4n) is 1.46. The second-order valence-electron chi connectivity index (χ2n) is 3.61. The first-order valence-corrected chi connectivity index (χ1v) is 4.29. The van der Waals surface area contributed by atoms with Crippen LogP contribution in [0, 0.1) is 0 Å². The molecule has 0 bridgehead atoms. The Labute approximate surface area is 68.2 Å². The molecule has 1 aliphatic rings. The van der Waals surface area contributed by atoms with E-state index >= 15 is 0 Å². The molecule has 0 radical (unpaired) electrons. The van der Waals surface area contributed by atoms with Gasteiger partial charge >= 0.3 is 0 Å². The normalized spacial score (nSPS) is 34.6. The monoisotopic (exact) mass is 158 g/mol. The molecule has 3 N–H and O–H groups in total. The smallest absolute Gasteiger partial charge is 0.0715 e. The van der Waals surface area contributed by atoms with Crippen molar-refractivity contribution in [2.75, 3.05) is 13.1 Å². The molecule has 2 atom stereocenters. The zero-order valence-corrected chi connectivity index (χ0v) is 7.33. The topological polar surface area (TPSA) is 49.5 Å². The third-order valence-electron chi connectivity index (χ3n) is 2.38. The minimum absolute atomic E-state index is 0.0499. The summed E-state index contributed by atoms with van der Waals surface area (Å²) in [5.74, 6) is 0. The number of aliphatic hydroxyl groups is 1. The van der Waals surface area contributed by atoms with E-state index in [1.54, 1.807) is 0 Å². The van der Waals surface area contributed by atoms with Gasteiger partial charge in [0.25, 0.3) is 0 Å². The Kier molecular flexibility index (Phi) is 2.87. The van der Waals surface area contributed by atoms with Crippen molar-refractivity contribution >= 4 is 0 Å². The Bertz CT molecular complexity index is 127. The zero-order valence-electron chi connectivity index (χ0n) is 7.33. The van der Waals surface area contributed by atoms with Gasteiger partial charge in [-0.3, -0.25) is 4.90 Å². The molecule has 1 saturated heterocycles. The summed E-state index contributed by atoms with van der Waals surface area (Å²) in [6.45, 7) is 6.13. The number of hydrogen-bond acceptors (Lipinski definition) is 3. The van der Waals surface area contributed by atoms with E-state index in [4.69, 9.17) is 5.73 Å². The van der Waals surface area contributed by atoms with Crippen LogP contribution in [0.5, 0.6) is 0 Å². The molecule has 0 aromatic carbocycles. The summed E-state index contributed by atoms with van der Waals surface area (Å²) in [5.41, 5.74) is 5.71. The molecule has 3 heteroatoms. The molecule has 0 unspecified atom stereocenters. The van der Waals surface area contributed by atoms with E-state index in [2.05, 4.69) is 18.7 Å². The first-order chi connectivity index (χ1) is 5.11. The summed E-state index contributed by atoms with van der Waals surface area (Å²) in [6.07, 6.45) is 0.532. The Balaban J connectivity index is 2.40. The highest BCUT2D eigenvalue weighted by Crippen LogP contribution is 2.11. The van der Waals surface area contributed by atoms with Gasteiger partial charge in [0.15, 0.2) is 0 Å². The van der Waals surface area contributed by atoms with E-state index < -0.39 is 0 Å². The fourth-order valence-corrected chi connectivity index (χ4v) is 1.46. The molecule has 1 aliphatic heterocycles. The van der Waals surface area contributed by atoms with Gasteiger partial charge in [0.05, 0.1) is 6.10 Å². The molecular formula is C8H18N2O. The van der Waals surface area contributed by atoms with E-state index in [1.807, 2.05) is 0 Å². The second-order valence-corrected chi connectivity index (χ2v) is 3.61. The third kappa shape index (κ3) is 2.15. The van der Waals surface area contributed by atoms with Crippen LogP contribution in [0.3, 0.4) is 0 Å². The second kappa shape index (κ2) is 3.52. The molecule has 1 fully saturated rings. The quantitative estimate of drug-likeness (QED) is 0.555. The van der Waals surface area contributed by atoms with Crippen LogP contribution in [0.4, 0.5) is 0 Å². The van der Waals surface area contributed by atoms with Crippen LogP contribution in [0.1, 0.15) is 20.3 Å². The molecule has 1 rings (SSSR count). The lowest BCUT2D eigenvalue weighted by molar-refractivity contribution is 0.0496. The number of hydrogen-bond donors (Lipinski definition) is 2. The van der Waals surface area contributed by atoms with Gasteiger partial charge in [-0.2, -0.15) is 0 Å². The van der Waals surface area contributed by atoms with Crippen molar-refractivity contribution in [3.63, 3.8) is 0 Å². The Morgan fingerprint density at radius 3 is 2.64 bits per heavy atom. The van der Waals surface area contributed by atoms with Gasteiger partial charge in [0, 0.05) is 25.2 Å². The van der Waals surface area contributed by atoms with Gasteiger partial charge in [0.1, 0.15) is 0 Å². The maximum atomic E-state index is 9.33. The molecule has 0 amide bonds. The molecule has 3 nitrogen and oxygen atoms in total. The van der Waals surface area contributed by atoms with Crippen LogP contribution in [-0.2, 0) is 0 Å². The SMILES string of the molecule is CC(C)N1CC[C@@H](O)[C@@H](N)C1. The molecule has 66 valence electrons. The lowest BCUT2D eigenvalue weighted by Gasteiger charge is -2.36. The van der Waals surface area contributed by atoms with Gasteiger partial charge < -0.3 is 10.8 Å². The number of aliphatic hydroxyl groups excluding tert-OH is 1. The highest BCUT2D eigenvalue weighted by molar-refractivity contribution is 4.83. The molecule has 0 aromatic rings. The summed E-state index contributed by atoms with van der Waals surface area (Å²) in [7, 11) is 0. The number of nitrogens with two attached hydrogens (primary N) is 1. The average molecular weight is 158 g/mol. The van der Waals surface area contributed by atoms with Crippen LogP contribution in [0.2, 0.25) is 0 Å². The van der Waals surface area contributed by atoms with E-state index in [0.717, 1.165) is 19.5 Å². The van der Waals surface area contributed by atoms with Crippen LogP contribution < -0.4 is 5.73 Å². The maximum absolute atomic E-state index is 9.33. The molecular weight excluding hydrogens is 140 g/mol. The van der Waals surface area contributed by atoms with E-state index in [9.17, 15) is 5.11 Å². The van der Waals surface area contributed by atoms with Gasteiger partial charge in [-0.25, -0.2) is 0 Å². The molecule has 11 heavy (non-hydrogen) atoms. The van der Waals surface area contributed by atoms with Crippen molar-refractivity contribution < 1.29 is 5.11 Å². The van der Waals surface area contributed by atoms with Gasteiger partial charge in [-0.15, -0.1) is 0 Å². The van der Waals surface area contributed by atoms with Crippen LogP contribution in [0.25, 0.3) is 0 Å². The third-order valence-corrected chi connectivity index (χ3v) is 2.38. The molecule has 0 aromatic heterocycles. The summed E-state index contributed by atoms with van der Waals surface area (Å²) in [6, 6.07) is 0.500. The lowest BCUT2D eigenvalue weighted by atomic mass is 10.0. The number of piperidine rings is 1. The van der Waals surface area contributed by atoms with Crippen molar-refractivity contribution in [2.24, 2.45) is 5.73 Å². The molecule has 0 aliphatic carbocycles. The first-order valence-electron chi connectivity index (χ1n) is 4.29. The Morgan fingerprint density at radius 1 is 1.55 bits per heavy atom. The lowest BCUT2D eigenvalue weighted by Crippen LogP contribution is -2.53. The van der Waals surface area contributed by atoms with Gasteiger partial charge in [0.2, 0.25) is 0 Å². The summed E-state index contributed by atoms with van der Waals surface area (Å²) >= 11 is 0. The number of likely N-dealkylation sites (tertiary alicyclic amines) is 1. The number of nitrogens with zero attached hydrogens (tertiary/aromatic N) is 1. The fraction of sp³-hybridized carbons (Fsp3) is 1.00. The van der Waals surface area contributed by atoms with Crippen LogP contribution in [0.15, 0.2) is 0 Å². The largest absolute Gasteiger partial charge is 0.391 e. The Hall–Kier alpha value is -0.120. The molecule has 1 heterocycles. The van der Waals surface area contributed by atoms with Crippen molar-refractivity contribution in [3.05, 3.63) is 0 Å². The van der Waals surface area contributed by atoms with Gasteiger partial charge in [-0.05, 0) is 20.3 Å². The minimum Gasteiger partial charge on any atom is -0.391 e. The van der Waals surface area contributed by atoms with Crippen molar-refractivity contribution in [1.82, 2.24) is 4.90 Å². The average Bonchev–Trinajstić information content (AvgIpc) is 1.94. The van der Waals surface area contributed by atoms with E-state index in [-0.39, 0.29) is 12.1 Å². The number of rotatable bonds is 1. The zero-order chi connectivity index (χ0) is 8.43. The van der Waals surface area contributed by atoms with Gasteiger partial charge in [-0.1, -0.05) is 0 Å². The summed E-state index contributed by atoms with van der Waals surface area (Å²) in [4.78, 5) is 2.30. The summed E-state index contributed by atoms with van der Waals surface area (Å²) in [5, 5.41) is 9.33. The maximum Gasteiger partial charge on any atom is 0.0715 e. The van der Waals surface area contributed by atoms with Crippen LogP contribution in [-0.4, -0.2) is 41.3 Å². The Morgan fingerprint density at radius 2 is 2.18 bits per heavy atom. The first kappa shape index (κ1) is 8.97. The van der Waals surface area contributed by atoms with Crippen molar-refractivity contribution in [3.8, 4) is 0 Å². The predicted octanol–water partition coefficient (Wildman–Crippen LogP) is -0.211. The van der Waals surface area contributed by atoms with Crippen LogP contribution >= 0.6 is 0 Å².